The van der Waals surface area contributed by atoms with Crippen molar-refractivity contribution >= 4 is 17.2 Å². The molecule has 26 heavy (non-hydrogen) atoms. The van der Waals surface area contributed by atoms with Crippen LogP contribution in [0.3, 0.4) is 0 Å². The molecular formula is C21H24N2O3. The molecule has 136 valence electrons. The van der Waals surface area contributed by atoms with Gasteiger partial charge in [0.25, 0.3) is 0 Å². The first-order chi connectivity index (χ1) is 12.4. The zero-order valence-corrected chi connectivity index (χ0v) is 15.2. The number of nitriles is 1. The summed E-state index contributed by atoms with van der Waals surface area (Å²) in [5.74, 6) is -1.56. The molecule has 2 N–H and O–H groups in total. The van der Waals surface area contributed by atoms with Crippen LogP contribution in [-0.4, -0.2) is 28.8 Å². The SMILES string of the molecule is C=C(/C=C(C(=O)O)\C(O)=C/C)c1ccc(N2CCCCC2C)c(C#N)c1. The summed E-state index contributed by atoms with van der Waals surface area (Å²) in [6.45, 7) is 8.53. The topological polar surface area (TPSA) is 84.6 Å². The van der Waals surface area contributed by atoms with Crippen LogP contribution in [0.5, 0.6) is 0 Å². The van der Waals surface area contributed by atoms with Crippen molar-refractivity contribution in [3.8, 4) is 6.07 Å². The Labute approximate surface area is 154 Å². The fourth-order valence-corrected chi connectivity index (χ4v) is 3.19. The number of allylic oxidation sites excluding steroid dienone is 3. The summed E-state index contributed by atoms with van der Waals surface area (Å²) < 4.78 is 0. The van der Waals surface area contributed by atoms with E-state index in [1.54, 1.807) is 13.0 Å². The maximum Gasteiger partial charge on any atom is 0.339 e. The van der Waals surface area contributed by atoms with E-state index in [2.05, 4.69) is 24.5 Å². The number of carboxylic acid groups (broad SMARTS) is 1. The Morgan fingerprint density at radius 2 is 2.12 bits per heavy atom. The summed E-state index contributed by atoms with van der Waals surface area (Å²) in [4.78, 5) is 13.6. The maximum absolute atomic E-state index is 11.3. The third kappa shape index (κ3) is 4.15. The molecular weight excluding hydrogens is 328 g/mol. The normalized spacial score (nSPS) is 18.3. The monoisotopic (exact) mass is 352 g/mol. The number of aliphatic hydroxyl groups is 1. The minimum Gasteiger partial charge on any atom is -0.507 e. The van der Waals surface area contributed by atoms with Crippen LogP contribution in [0.1, 0.15) is 44.2 Å². The van der Waals surface area contributed by atoms with E-state index in [0.29, 0.717) is 22.7 Å². The van der Waals surface area contributed by atoms with Gasteiger partial charge >= 0.3 is 5.97 Å². The number of rotatable bonds is 5. The van der Waals surface area contributed by atoms with Gasteiger partial charge in [0.2, 0.25) is 0 Å². The van der Waals surface area contributed by atoms with Gasteiger partial charge in [-0.15, -0.1) is 0 Å². The van der Waals surface area contributed by atoms with E-state index in [1.807, 2.05) is 12.1 Å². The average Bonchev–Trinajstić information content (AvgIpc) is 2.65. The van der Waals surface area contributed by atoms with Gasteiger partial charge in [-0.2, -0.15) is 5.26 Å². The summed E-state index contributed by atoms with van der Waals surface area (Å²) in [7, 11) is 0. The van der Waals surface area contributed by atoms with Crippen molar-refractivity contribution in [1.82, 2.24) is 0 Å². The van der Waals surface area contributed by atoms with Gasteiger partial charge in [-0.1, -0.05) is 12.6 Å². The molecule has 0 aliphatic carbocycles. The van der Waals surface area contributed by atoms with E-state index in [4.69, 9.17) is 0 Å². The number of aliphatic carboxylic acids is 1. The lowest BCUT2D eigenvalue weighted by Gasteiger charge is -2.36. The van der Waals surface area contributed by atoms with Crippen LogP contribution in [0.4, 0.5) is 5.69 Å². The molecule has 2 rings (SSSR count). The predicted octanol–water partition coefficient (Wildman–Crippen LogP) is 4.42. The minimum atomic E-state index is -1.24. The quantitative estimate of drug-likeness (QED) is 0.465. The smallest absolute Gasteiger partial charge is 0.339 e. The highest BCUT2D eigenvalue weighted by Gasteiger charge is 2.21. The van der Waals surface area contributed by atoms with E-state index in [9.17, 15) is 20.3 Å². The summed E-state index contributed by atoms with van der Waals surface area (Å²) in [6.07, 6.45) is 6.04. The molecule has 1 unspecified atom stereocenters. The molecule has 0 saturated carbocycles. The number of piperidine rings is 1. The number of carbonyl (C=O) groups is 1. The van der Waals surface area contributed by atoms with E-state index in [-0.39, 0.29) is 11.3 Å². The molecule has 0 spiro atoms. The Bertz CT molecular complexity index is 815. The number of carboxylic acids is 1. The van der Waals surface area contributed by atoms with Gasteiger partial charge in [-0.3, -0.25) is 0 Å². The first-order valence-electron chi connectivity index (χ1n) is 8.69. The zero-order chi connectivity index (χ0) is 19.3. The van der Waals surface area contributed by atoms with Crippen molar-refractivity contribution in [2.75, 3.05) is 11.4 Å². The van der Waals surface area contributed by atoms with Crippen molar-refractivity contribution in [3.05, 3.63) is 59.4 Å². The molecule has 0 bridgehead atoms. The van der Waals surface area contributed by atoms with Crippen molar-refractivity contribution in [3.63, 3.8) is 0 Å². The van der Waals surface area contributed by atoms with Crippen LogP contribution in [-0.2, 0) is 4.79 Å². The number of benzene rings is 1. The van der Waals surface area contributed by atoms with Crippen molar-refractivity contribution in [2.24, 2.45) is 0 Å². The molecule has 1 fully saturated rings. The average molecular weight is 352 g/mol. The van der Waals surface area contributed by atoms with E-state index >= 15 is 0 Å². The molecule has 0 radical (unpaired) electrons. The van der Waals surface area contributed by atoms with E-state index < -0.39 is 5.97 Å². The van der Waals surface area contributed by atoms with Gasteiger partial charge in [0.05, 0.1) is 11.3 Å². The van der Waals surface area contributed by atoms with Crippen LogP contribution in [0.25, 0.3) is 5.57 Å². The Hall–Kier alpha value is -3.00. The highest BCUT2D eigenvalue weighted by molar-refractivity contribution is 5.94. The Kier molecular flexibility index (Phi) is 6.24. The molecule has 5 nitrogen and oxygen atoms in total. The standard InChI is InChI=1S/C21H24N2O3/c1-4-20(24)18(21(25)26)11-14(2)16-8-9-19(17(12-16)13-22)23-10-6-5-7-15(23)3/h4,8-9,11-12,15,24H,2,5-7,10H2,1,3H3,(H,25,26)/b18-11+,20-4+. The third-order valence-electron chi connectivity index (χ3n) is 4.70. The van der Waals surface area contributed by atoms with Gasteiger partial charge < -0.3 is 15.1 Å². The molecule has 1 atom stereocenters. The highest BCUT2D eigenvalue weighted by atomic mass is 16.4. The summed E-state index contributed by atoms with van der Waals surface area (Å²) in [5, 5.41) is 28.6. The lowest BCUT2D eigenvalue weighted by Crippen LogP contribution is -2.37. The van der Waals surface area contributed by atoms with Crippen LogP contribution in [0.2, 0.25) is 0 Å². The molecule has 1 aliphatic heterocycles. The number of nitrogens with zero attached hydrogens (tertiary/aromatic N) is 2. The minimum absolute atomic E-state index is 0.232. The van der Waals surface area contributed by atoms with Gasteiger partial charge in [-0.25, -0.2) is 4.79 Å². The molecule has 1 aliphatic rings. The van der Waals surface area contributed by atoms with Gasteiger partial charge in [0, 0.05) is 12.6 Å². The zero-order valence-electron chi connectivity index (χ0n) is 15.2. The fraction of sp³-hybridized carbons (Fsp3) is 0.333. The number of hydrogen-bond acceptors (Lipinski definition) is 4. The second-order valence-electron chi connectivity index (χ2n) is 6.44. The maximum atomic E-state index is 11.3. The lowest BCUT2D eigenvalue weighted by atomic mass is 9.97. The summed E-state index contributed by atoms with van der Waals surface area (Å²) >= 11 is 0. The van der Waals surface area contributed by atoms with Gasteiger partial charge in [0.1, 0.15) is 17.4 Å². The van der Waals surface area contributed by atoms with Crippen molar-refractivity contribution in [1.29, 1.82) is 5.26 Å². The molecule has 1 aromatic rings. The van der Waals surface area contributed by atoms with Crippen molar-refractivity contribution < 1.29 is 15.0 Å². The second-order valence-corrected chi connectivity index (χ2v) is 6.44. The predicted molar refractivity (Wildman–Crippen MR) is 103 cm³/mol. The summed E-state index contributed by atoms with van der Waals surface area (Å²) in [5.41, 5.74) is 2.28. The Morgan fingerprint density at radius 1 is 1.38 bits per heavy atom. The fourth-order valence-electron chi connectivity index (χ4n) is 3.19. The molecule has 1 saturated heterocycles. The molecule has 0 aromatic heterocycles. The van der Waals surface area contributed by atoms with Crippen molar-refractivity contribution in [2.45, 2.75) is 39.2 Å². The van der Waals surface area contributed by atoms with Gasteiger partial charge in [0.15, 0.2) is 0 Å². The first-order valence-corrected chi connectivity index (χ1v) is 8.69. The number of anilines is 1. The number of aliphatic hydroxyl groups excluding tert-OH is 1. The lowest BCUT2D eigenvalue weighted by molar-refractivity contribution is -0.132. The van der Waals surface area contributed by atoms with Gasteiger partial charge in [-0.05, 0) is 68.5 Å². The highest BCUT2D eigenvalue weighted by Crippen LogP contribution is 2.30. The molecule has 1 heterocycles. The second kappa shape index (κ2) is 8.39. The molecule has 1 aromatic carbocycles. The first kappa shape index (κ1) is 19.3. The largest absolute Gasteiger partial charge is 0.507 e. The van der Waals surface area contributed by atoms with Crippen LogP contribution >= 0.6 is 0 Å². The van der Waals surface area contributed by atoms with E-state index in [0.717, 1.165) is 25.1 Å². The third-order valence-corrected chi connectivity index (χ3v) is 4.70. The Balaban J connectivity index is 2.38. The van der Waals surface area contributed by atoms with Crippen LogP contribution < -0.4 is 4.90 Å². The van der Waals surface area contributed by atoms with Crippen LogP contribution in [0.15, 0.2) is 48.3 Å². The molecule has 0 amide bonds. The Morgan fingerprint density at radius 3 is 2.69 bits per heavy atom. The van der Waals surface area contributed by atoms with E-state index in [1.165, 1.54) is 18.6 Å². The van der Waals surface area contributed by atoms with Crippen LogP contribution in [0, 0.1) is 11.3 Å². The molecule has 5 heteroatoms. The summed E-state index contributed by atoms with van der Waals surface area (Å²) in [6, 6.07) is 8.08. The number of hydrogen-bond donors (Lipinski definition) is 2.